The zero-order chi connectivity index (χ0) is 21.1. The molecule has 1 aromatic heterocycles. The van der Waals surface area contributed by atoms with Crippen molar-refractivity contribution < 1.29 is 26.0 Å². The third kappa shape index (κ3) is 4.78. The Morgan fingerprint density at radius 2 is 1.52 bits per heavy atom. The van der Waals surface area contributed by atoms with E-state index in [2.05, 4.69) is 19.6 Å². The molecule has 0 saturated heterocycles. The van der Waals surface area contributed by atoms with E-state index in [1.165, 1.54) is 55.6 Å². The summed E-state index contributed by atoms with van der Waals surface area (Å²) in [5.41, 5.74) is 0.0662. The van der Waals surface area contributed by atoms with E-state index in [1.54, 1.807) is 0 Å². The number of benzene rings is 2. The summed E-state index contributed by atoms with van der Waals surface area (Å²) in [6, 6.07) is 12.6. The van der Waals surface area contributed by atoms with E-state index in [9.17, 15) is 21.2 Å². The molecule has 0 fully saturated rings. The van der Waals surface area contributed by atoms with Gasteiger partial charge in [-0.3, -0.25) is 9.44 Å². The summed E-state index contributed by atoms with van der Waals surface area (Å²) in [6.07, 6.45) is 0. The van der Waals surface area contributed by atoms with Crippen LogP contribution < -0.4 is 14.2 Å². The second kappa shape index (κ2) is 8.01. The van der Waals surface area contributed by atoms with Gasteiger partial charge in [-0.1, -0.05) is 12.1 Å². The molecule has 0 unspecified atom stereocenters. The van der Waals surface area contributed by atoms with Gasteiger partial charge in [0, 0.05) is 11.8 Å². The summed E-state index contributed by atoms with van der Waals surface area (Å²) >= 11 is 0. The van der Waals surface area contributed by atoms with Crippen molar-refractivity contribution in [2.24, 2.45) is 0 Å². The van der Waals surface area contributed by atoms with E-state index in [0.717, 1.165) is 12.1 Å². The highest BCUT2D eigenvalue weighted by atomic mass is 32.2. The number of hydrogen-bond acceptors (Lipinski definition) is 7. The molecule has 2 N–H and O–H groups in total. The Bertz CT molecular complexity index is 1220. The molecule has 12 heteroatoms. The number of methoxy groups -OCH3 is 1. The molecule has 0 saturated carbocycles. The second-order valence-electron chi connectivity index (χ2n) is 5.63. The summed E-state index contributed by atoms with van der Waals surface area (Å²) in [4.78, 5) is -0.652. The lowest BCUT2D eigenvalue weighted by atomic mass is 10.3. The summed E-state index contributed by atoms with van der Waals surface area (Å²) in [6.45, 7) is 0. The zero-order valence-corrected chi connectivity index (χ0v) is 16.5. The Morgan fingerprint density at radius 1 is 0.828 bits per heavy atom. The minimum atomic E-state index is -4.17. The van der Waals surface area contributed by atoms with Crippen LogP contribution >= 0.6 is 0 Å². The van der Waals surface area contributed by atoms with E-state index in [-0.39, 0.29) is 22.3 Å². The van der Waals surface area contributed by atoms with Crippen molar-refractivity contribution in [1.82, 2.24) is 10.2 Å². The molecule has 9 nitrogen and oxygen atoms in total. The van der Waals surface area contributed by atoms with Crippen LogP contribution in [0, 0.1) is 5.82 Å². The van der Waals surface area contributed by atoms with Gasteiger partial charge >= 0.3 is 0 Å². The molecule has 3 aromatic rings. The van der Waals surface area contributed by atoms with Gasteiger partial charge < -0.3 is 4.74 Å². The van der Waals surface area contributed by atoms with Crippen molar-refractivity contribution >= 4 is 31.6 Å². The van der Waals surface area contributed by atoms with Gasteiger partial charge in [-0.15, -0.1) is 10.2 Å². The Morgan fingerprint density at radius 3 is 2.10 bits per heavy atom. The SMILES string of the molecule is COc1ccc(NS(=O)(=O)c2ccc(NS(=O)(=O)c3ccccc3F)cc2)nn1. The third-order valence-corrected chi connectivity index (χ3v) is 6.42. The first kappa shape index (κ1) is 20.5. The van der Waals surface area contributed by atoms with Crippen LogP contribution in [0.2, 0.25) is 0 Å². The lowest BCUT2D eigenvalue weighted by Gasteiger charge is -2.10. The Labute approximate surface area is 166 Å². The number of aromatic nitrogens is 2. The molecular formula is C17H15FN4O5S2. The molecule has 2 aromatic carbocycles. The minimum absolute atomic E-state index is 0.0184. The highest BCUT2D eigenvalue weighted by Crippen LogP contribution is 2.21. The molecule has 3 rings (SSSR count). The van der Waals surface area contributed by atoms with Crippen LogP contribution in [0.1, 0.15) is 0 Å². The quantitative estimate of drug-likeness (QED) is 0.579. The maximum atomic E-state index is 13.7. The topological polar surface area (TPSA) is 127 Å². The van der Waals surface area contributed by atoms with Gasteiger partial charge in [0.25, 0.3) is 20.0 Å². The first-order valence-electron chi connectivity index (χ1n) is 7.99. The predicted octanol–water partition coefficient (Wildman–Crippen LogP) is 2.23. The molecule has 29 heavy (non-hydrogen) atoms. The fraction of sp³-hybridized carbons (Fsp3) is 0.0588. The van der Waals surface area contributed by atoms with E-state index < -0.39 is 30.8 Å². The number of rotatable bonds is 7. The average Bonchev–Trinajstić information content (AvgIpc) is 2.68. The van der Waals surface area contributed by atoms with E-state index in [4.69, 9.17) is 4.74 Å². The first-order valence-corrected chi connectivity index (χ1v) is 11.0. The molecule has 0 atom stereocenters. The van der Waals surface area contributed by atoms with Crippen molar-refractivity contribution in [3.8, 4) is 5.88 Å². The van der Waals surface area contributed by atoms with Crippen LogP contribution in [0.15, 0.2) is 70.5 Å². The smallest absolute Gasteiger partial charge is 0.264 e. The van der Waals surface area contributed by atoms with Crippen LogP contribution in [0.4, 0.5) is 15.9 Å². The van der Waals surface area contributed by atoms with Crippen LogP contribution in [-0.4, -0.2) is 34.1 Å². The monoisotopic (exact) mass is 438 g/mol. The lowest BCUT2D eigenvalue weighted by molar-refractivity contribution is 0.392. The number of nitrogens with one attached hydrogen (secondary N) is 2. The van der Waals surface area contributed by atoms with Gasteiger partial charge in [0.15, 0.2) is 5.82 Å². The number of ether oxygens (including phenoxy) is 1. The van der Waals surface area contributed by atoms with Crippen molar-refractivity contribution in [2.45, 2.75) is 9.79 Å². The summed E-state index contributed by atoms with van der Waals surface area (Å²) in [5, 5.41) is 7.33. The molecule has 1 heterocycles. The zero-order valence-electron chi connectivity index (χ0n) is 14.9. The highest BCUT2D eigenvalue weighted by molar-refractivity contribution is 7.93. The van der Waals surface area contributed by atoms with Crippen molar-refractivity contribution in [2.75, 3.05) is 16.6 Å². The molecule has 0 amide bonds. The fourth-order valence-corrected chi connectivity index (χ4v) is 4.39. The van der Waals surface area contributed by atoms with Crippen LogP contribution in [0.25, 0.3) is 0 Å². The lowest BCUT2D eigenvalue weighted by Crippen LogP contribution is -2.16. The Hall–Kier alpha value is -3.25. The maximum absolute atomic E-state index is 13.7. The number of sulfonamides is 2. The second-order valence-corrected chi connectivity index (χ2v) is 8.96. The summed E-state index contributed by atoms with van der Waals surface area (Å²) in [7, 11) is -6.75. The standard InChI is InChI=1S/C17H15FN4O5S2/c1-27-17-11-10-16(19-20-17)22-28(23,24)13-8-6-12(7-9-13)21-29(25,26)15-5-3-2-4-14(15)18/h2-11,21H,1H3,(H,19,22). The minimum Gasteiger partial charge on any atom is -0.480 e. The average molecular weight is 438 g/mol. The highest BCUT2D eigenvalue weighted by Gasteiger charge is 2.20. The van der Waals surface area contributed by atoms with Crippen molar-refractivity contribution in [3.63, 3.8) is 0 Å². The maximum Gasteiger partial charge on any atom is 0.264 e. The number of anilines is 2. The van der Waals surface area contributed by atoms with Crippen LogP contribution in [0.5, 0.6) is 5.88 Å². The number of halogens is 1. The van der Waals surface area contributed by atoms with Gasteiger partial charge in [-0.2, -0.15) is 0 Å². The fourth-order valence-electron chi connectivity index (χ4n) is 2.25. The molecule has 0 bridgehead atoms. The predicted molar refractivity (Wildman–Crippen MR) is 103 cm³/mol. The Kier molecular flexibility index (Phi) is 5.66. The van der Waals surface area contributed by atoms with Crippen LogP contribution in [0.3, 0.4) is 0 Å². The van der Waals surface area contributed by atoms with E-state index in [0.29, 0.717) is 0 Å². The number of nitrogens with zero attached hydrogens (tertiary/aromatic N) is 2. The molecular weight excluding hydrogens is 423 g/mol. The summed E-state index contributed by atoms with van der Waals surface area (Å²) < 4.78 is 72.4. The van der Waals surface area contributed by atoms with Gasteiger partial charge in [0.2, 0.25) is 5.88 Å². The Balaban J connectivity index is 1.77. The molecule has 0 aliphatic heterocycles. The van der Waals surface area contributed by atoms with Crippen molar-refractivity contribution in [1.29, 1.82) is 0 Å². The van der Waals surface area contributed by atoms with Gasteiger partial charge in [0.05, 0.1) is 12.0 Å². The van der Waals surface area contributed by atoms with E-state index in [1.807, 2.05) is 0 Å². The van der Waals surface area contributed by atoms with Crippen molar-refractivity contribution in [3.05, 3.63) is 66.5 Å². The first-order chi connectivity index (χ1) is 13.7. The number of hydrogen-bond donors (Lipinski definition) is 2. The molecule has 0 aliphatic rings. The molecule has 0 spiro atoms. The molecule has 0 aliphatic carbocycles. The van der Waals surface area contributed by atoms with Gasteiger partial charge in [-0.05, 0) is 42.5 Å². The third-order valence-electron chi connectivity index (χ3n) is 3.63. The van der Waals surface area contributed by atoms with Gasteiger partial charge in [-0.25, -0.2) is 21.2 Å². The van der Waals surface area contributed by atoms with E-state index >= 15 is 0 Å². The molecule has 152 valence electrons. The van der Waals surface area contributed by atoms with Gasteiger partial charge in [0.1, 0.15) is 10.7 Å². The van der Waals surface area contributed by atoms with Crippen LogP contribution in [-0.2, 0) is 20.0 Å². The summed E-state index contributed by atoms with van der Waals surface area (Å²) in [5.74, 6) is -0.696. The normalized spacial score (nSPS) is 11.7. The largest absolute Gasteiger partial charge is 0.480 e. The molecule has 0 radical (unpaired) electrons.